The number of ether oxygens (including phenoxy) is 1. The van der Waals surface area contributed by atoms with Crippen molar-refractivity contribution >= 4 is 23.5 Å². The Morgan fingerprint density at radius 1 is 1.17 bits per heavy atom. The number of hydrogen-bond acceptors (Lipinski definition) is 3. The minimum Gasteiger partial charge on any atom is -0.465 e. The van der Waals surface area contributed by atoms with Crippen LogP contribution >= 0.6 is 11.6 Å². The molecule has 0 bridgehead atoms. The Kier molecular flexibility index (Phi) is 4.58. The summed E-state index contributed by atoms with van der Waals surface area (Å²) in [7, 11) is 1.35. The summed E-state index contributed by atoms with van der Waals surface area (Å²) < 4.78 is 4.67. The van der Waals surface area contributed by atoms with E-state index in [0.29, 0.717) is 17.1 Å². The van der Waals surface area contributed by atoms with Crippen LogP contribution in [0.1, 0.15) is 34.3 Å². The first-order chi connectivity index (χ1) is 11.5. The number of rotatable bonds is 5. The molecule has 0 heterocycles. The summed E-state index contributed by atoms with van der Waals surface area (Å²) in [5, 5.41) is 3.63. The molecule has 1 aliphatic carbocycles. The number of hydrogen-bond donors (Lipinski definition) is 1. The lowest BCUT2D eigenvalue weighted by atomic mass is 9.95. The van der Waals surface area contributed by atoms with Gasteiger partial charge in [0.05, 0.1) is 18.1 Å². The van der Waals surface area contributed by atoms with Gasteiger partial charge in [0.25, 0.3) is 0 Å². The molecule has 0 radical (unpaired) electrons. The number of carbonyl (C=O) groups is 2. The Labute approximate surface area is 145 Å². The van der Waals surface area contributed by atoms with Crippen molar-refractivity contribution < 1.29 is 14.3 Å². The number of halogens is 1. The molecule has 124 valence electrons. The van der Waals surface area contributed by atoms with E-state index in [1.165, 1.54) is 7.11 Å². The molecule has 0 saturated heterocycles. The molecule has 5 heteroatoms. The zero-order valence-electron chi connectivity index (χ0n) is 13.3. The van der Waals surface area contributed by atoms with Crippen LogP contribution < -0.4 is 5.32 Å². The molecule has 0 aliphatic heterocycles. The molecular formula is C19H18ClNO3. The third-order valence-corrected chi connectivity index (χ3v) is 4.63. The van der Waals surface area contributed by atoms with E-state index in [0.717, 1.165) is 24.0 Å². The molecule has 1 saturated carbocycles. The van der Waals surface area contributed by atoms with E-state index in [1.807, 2.05) is 36.4 Å². The number of nitrogens with one attached hydrogen (secondary N) is 1. The fraction of sp³-hybridized carbons (Fsp3) is 0.263. The van der Waals surface area contributed by atoms with Gasteiger partial charge in [-0.1, -0.05) is 35.9 Å². The third-order valence-electron chi connectivity index (χ3n) is 4.39. The molecule has 0 spiro atoms. The van der Waals surface area contributed by atoms with Gasteiger partial charge in [0.1, 0.15) is 0 Å². The number of carbonyl (C=O) groups excluding carboxylic acids is 2. The molecule has 3 rings (SSSR count). The minimum atomic E-state index is -0.448. The zero-order valence-corrected chi connectivity index (χ0v) is 14.1. The quantitative estimate of drug-likeness (QED) is 0.846. The Bertz CT molecular complexity index is 766. The highest BCUT2D eigenvalue weighted by Gasteiger charge is 2.51. The summed E-state index contributed by atoms with van der Waals surface area (Å²) in [5.41, 5.74) is 1.94. The molecule has 1 amide bonds. The largest absolute Gasteiger partial charge is 0.465 e. The van der Waals surface area contributed by atoms with Gasteiger partial charge in [-0.2, -0.15) is 0 Å². The molecule has 1 aliphatic rings. The van der Waals surface area contributed by atoms with E-state index in [-0.39, 0.29) is 11.9 Å². The topological polar surface area (TPSA) is 55.4 Å². The van der Waals surface area contributed by atoms with Crippen molar-refractivity contribution in [2.75, 3.05) is 7.11 Å². The van der Waals surface area contributed by atoms with Crippen LogP contribution in [-0.2, 0) is 21.5 Å². The highest BCUT2D eigenvalue weighted by atomic mass is 35.5. The zero-order chi connectivity index (χ0) is 17.2. The second-order valence-corrected chi connectivity index (χ2v) is 6.40. The molecule has 2 aromatic rings. The third kappa shape index (κ3) is 3.29. The summed E-state index contributed by atoms with van der Waals surface area (Å²) >= 11 is 6.04. The van der Waals surface area contributed by atoms with Crippen LogP contribution in [0.15, 0.2) is 48.5 Å². The van der Waals surface area contributed by atoms with Crippen molar-refractivity contribution in [2.45, 2.75) is 24.8 Å². The van der Waals surface area contributed by atoms with Gasteiger partial charge >= 0.3 is 5.97 Å². The van der Waals surface area contributed by atoms with Crippen LogP contribution in [0.5, 0.6) is 0 Å². The lowest BCUT2D eigenvalue weighted by molar-refractivity contribution is -0.123. The van der Waals surface area contributed by atoms with Gasteiger partial charge in [0.2, 0.25) is 5.91 Å². The minimum absolute atomic E-state index is 0.0156. The number of benzene rings is 2. The van der Waals surface area contributed by atoms with E-state index >= 15 is 0 Å². The van der Waals surface area contributed by atoms with Crippen LogP contribution in [0.2, 0.25) is 5.02 Å². The molecule has 4 nitrogen and oxygen atoms in total. The highest BCUT2D eigenvalue weighted by Crippen LogP contribution is 2.48. The molecule has 1 fully saturated rings. The maximum absolute atomic E-state index is 12.6. The molecule has 0 aromatic heterocycles. The number of methoxy groups -OCH3 is 1. The van der Waals surface area contributed by atoms with Gasteiger partial charge in [0.15, 0.2) is 0 Å². The van der Waals surface area contributed by atoms with Crippen molar-refractivity contribution in [3.63, 3.8) is 0 Å². The Balaban J connectivity index is 1.64. The first kappa shape index (κ1) is 16.5. The van der Waals surface area contributed by atoms with Crippen LogP contribution in [0.4, 0.5) is 0 Å². The first-order valence-electron chi connectivity index (χ1n) is 7.77. The van der Waals surface area contributed by atoms with Gasteiger partial charge in [-0.05, 0) is 48.2 Å². The fourth-order valence-electron chi connectivity index (χ4n) is 2.79. The van der Waals surface area contributed by atoms with Crippen LogP contribution in [0, 0.1) is 0 Å². The van der Waals surface area contributed by atoms with Crippen molar-refractivity contribution in [3.05, 3.63) is 70.2 Å². The van der Waals surface area contributed by atoms with Gasteiger partial charge in [-0.15, -0.1) is 0 Å². The van der Waals surface area contributed by atoms with E-state index in [9.17, 15) is 9.59 Å². The predicted molar refractivity (Wildman–Crippen MR) is 92.0 cm³/mol. The summed E-state index contributed by atoms with van der Waals surface area (Å²) in [6.45, 7) is 0.419. The van der Waals surface area contributed by atoms with Gasteiger partial charge < -0.3 is 10.1 Å². The summed E-state index contributed by atoms with van der Waals surface area (Å²) in [5.74, 6) is -0.356. The second-order valence-electron chi connectivity index (χ2n) is 5.96. The average Bonchev–Trinajstić information content (AvgIpc) is 3.41. The van der Waals surface area contributed by atoms with Crippen LogP contribution in [0.25, 0.3) is 0 Å². The van der Waals surface area contributed by atoms with E-state index in [1.54, 1.807) is 12.1 Å². The fourth-order valence-corrected chi connectivity index (χ4v) is 2.98. The maximum atomic E-state index is 12.6. The van der Waals surface area contributed by atoms with E-state index < -0.39 is 5.41 Å². The van der Waals surface area contributed by atoms with E-state index in [2.05, 4.69) is 10.1 Å². The smallest absolute Gasteiger partial charge is 0.337 e. The van der Waals surface area contributed by atoms with Crippen molar-refractivity contribution in [1.82, 2.24) is 5.32 Å². The molecule has 2 aromatic carbocycles. The SMILES string of the molecule is COC(=O)c1ccc(CNC(=O)C2(c3cccc(Cl)c3)CC2)cc1. The molecule has 0 atom stereocenters. The molecule has 1 N–H and O–H groups in total. The Hall–Kier alpha value is -2.33. The van der Waals surface area contributed by atoms with Crippen LogP contribution in [-0.4, -0.2) is 19.0 Å². The monoisotopic (exact) mass is 343 g/mol. The first-order valence-corrected chi connectivity index (χ1v) is 8.14. The van der Waals surface area contributed by atoms with Gasteiger partial charge in [0, 0.05) is 11.6 Å². The normalized spacial score (nSPS) is 14.8. The maximum Gasteiger partial charge on any atom is 0.337 e. The number of amides is 1. The number of esters is 1. The van der Waals surface area contributed by atoms with Crippen molar-refractivity contribution in [2.24, 2.45) is 0 Å². The van der Waals surface area contributed by atoms with Gasteiger partial charge in [-0.25, -0.2) is 4.79 Å². The lowest BCUT2D eigenvalue weighted by Gasteiger charge is -2.16. The summed E-state index contributed by atoms with van der Waals surface area (Å²) in [6.07, 6.45) is 1.67. The van der Waals surface area contributed by atoms with Gasteiger partial charge in [-0.3, -0.25) is 4.79 Å². The van der Waals surface area contributed by atoms with E-state index in [4.69, 9.17) is 11.6 Å². The summed E-state index contributed by atoms with van der Waals surface area (Å²) in [4.78, 5) is 24.0. The predicted octanol–water partition coefficient (Wildman–Crippen LogP) is 3.47. The lowest BCUT2D eigenvalue weighted by Crippen LogP contribution is -2.34. The van der Waals surface area contributed by atoms with Crippen molar-refractivity contribution in [3.8, 4) is 0 Å². The Morgan fingerprint density at radius 2 is 1.88 bits per heavy atom. The summed E-state index contributed by atoms with van der Waals surface area (Å²) in [6, 6.07) is 14.5. The van der Waals surface area contributed by atoms with Crippen molar-refractivity contribution in [1.29, 1.82) is 0 Å². The second kappa shape index (κ2) is 6.65. The molecule has 24 heavy (non-hydrogen) atoms. The molecule has 0 unspecified atom stereocenters. The van der Waals surface area contributed by atoms with Crippen LogP contribution in [0.3, 0.4) is 0 Å². The Morgan fingerprint density at radius 3 is 2.46 bits per heavy atom. The highest BCUT2D eigenvalue weighted by molar-refractivity contribution is 6.30. The standard InChI is InChI=1S/C19H18ClNO3/c1-24-17(22)14-7-5-13(6-8-14)12-21-18(23)19(9-10-19)15-3-2-4-16(20)11-15/h2-8,11H,9-10,12H2,1H3,(H,21,23). The molecular weight excluding hydrogens is 326 g/mol. The average molecular weight is 344 g/mol.